The summed E-state index contributed by atoms with van der Waals surface area (Å²) in [7, 11) is 0. The van der Waals surface area contributed by atoms with Gasteiger partial charge in [-0.25, -0.2) is 4.39 Å². The molecule has 3 rings (SSSR count). The first-order valence-corrected chi connectivity index (χ1v) is 6.22. The van der Waals surface area contributed by atoms with Crippen molar-refractivity contribution in [1.82, 2.24) is 4.90 Å². The van der Waals surface area contributed by atoms with Crippen molar-refractivity contribution >= 4 is 0 Å². The summed E-state index contributed by atoms with van der Waals surface area (Å²) in [5.74, 6) is 0.332. The van der Waals surface area contributed by atoms with Gasteiger partial charge < -0.3 is 0 Å². The number of hydrogen-bond acceptors (Lipinski definition) is 1. The Morgan fingerprint density at radius 2 is 2.25 bits per heavy atom. The van der Waals surface area contributed by atoms with E-state index in [0.717, 1.165) is 19.3 Å². The van der Waals surface area contributed by atoms with Gasteiger partial charge in [0.2, 0.25) is 0 Å². The molecule has 2 saturated heterocycles. The fourth-order valence-electron chi connectivity index (χ4n) is 3.61. The highest BCUT2D eigenvalue weighted by atomic mass is 19.1. The molecule has 0 aromatic rings. The number of rotatable bonds is 2. The van der Waals surface area contributed by atoms with E-state index in [9.17, 15) is 4.39 Å². The van der Waals surface area contributed by atoms with Gasteiger partial charge in [-0.15, -0.1) is 0 Å². The van der Waals surface area contributed by atoms with Crippen molar-refractivity contribution in [2.24, 2.45) is 11.3 Å². The molecule has 0 amide bonds. The van der Waals surface area contributed by atoms with E-state index in [0.29, 0.717) is 25.1 Å². The lowest BCUT2D eigenvalue weighted by Gasteiger charge is -2.39. The first kappa shape index (κ1) is 7.15. The van der Waals surface area contributed by atoms with Crippen LogP contribution in [0.25, 0.3) is 0 Å². The summed E-state index contributed by atoms with van der Waals surface area (Å²) in [5.41, 5.74) is -0.599. The normalized spacial score (nSPS) is 48.9. The molecule has 3 fully saturated rings. The molecule has 0 bridgehead atoms. The van der Waals surface area contributed by atoms with Crippen molar-refractivity contribution in [3.05, 3.63) is 11.9 Å². The van der Waals surface area contributed by atoms with Gasteiger partial charge in [0.25, 0.3) is 0 Å². The fraction of sp³-hybridized carbons (Fsp3) is 0.857. The molecule has 2 heteroatoms. The second-order valence-corrected chi connectivity index (χ2v) is 6.00. The third kappa shape index (κ3) is 1.25. The van der Waals surface area contributed by atoms with Gasteiger partial charge in [-0.2, -0.15) is 0 Å². The average Bonchev–Trinajstić information content (AvgIpc) is 2.94. The molecule has 2 aliphatic heterocycles. The number of hydrogen-bond donors (Lipinski definition) is 0. The summed E-state index contributed by atoms with van der Waals surface area (Å²) in [5, 5.41) is 0. The monoisotopic (exact) mass is 227 g/mol. The van der Waals surface area contributed by atoms with Crippen molar-refractivity contribution in [3.63, 3.8) is 0 Å². The Labute approximate surface area is 103 Å². The number of fused-ring (bicyclic) bond motifs is 2. The lowest BCUT2D eigenvalue weighted by atomic mass is 9.74. The van der Waals surface area contributed by atoms with Gasteiger partial charge in [-0.3, -0.25) is 4.90 Å². The van der Waals surface area contributed by atoms with E-state index >= 15 is 0 Å². The number of halogens is 1. The predicted molar refractivity (Wildman–Crippen MR) is 63.9 cm³/mol. The van der Waals surface area contributed by atoms with Gasteiger partial charge in [-0.05, 0) is 55.5 Å². The van der Waals surface area contributed by atoms with Crippen molar-refractivity contribution in [1.29, 1.82) is 0 Å². The third-order valence-corrected chi connectivity index (χ3v) is 4.46. The van der Waals surface area contributed by atoms with E-state index in [1.165, 1.54) is 4.90 Å². The Balaban J connectivity index is 2.15. The van der Waals surface area contributed by atoms with Crippen LogP contribution < -0.4 is 0 Å². The smallest absolute Gasteiger partial charge is 0.0872 e. The van der Waals surface area contributed by atoms with Crippen LogP contribution in [0.15, 0.2) is 11.9 Å². The molecule has 2 heterocycles. The summed E-state index contributed by atoms with van der Waals surface area (Å²) in [4.78, 5) is 1.38. The van der Waals surface area contributed by atoms with Crippen LogP contribution in [-0.2, 0) is 0 Å². The first-order valence-electron chi connectivity index (χ1n) is 8.22. The number of nitrogens with zero attached hydrogens (tertiary/aromatic N) is 1. The average molecular weight is 227 g/mol. The van der Waals surface area contributed by atoms with E-state index in [4.69, 9.17) is 5.48 Å². The molecule has 0 aromatic carbocycles. The largest absolute Gasteiger partial charge is 0.293 e. The van der Waals surface area contributed by atoms with E-state index < -0.39 is 18.5 Å². The molecule has 1 nitrogen and oxygen atoms in total. The molecule has 90 valence electrons. The Bertz CT molecular complexity index is 470. The molecule has 1 saturated carbocycles. The van der Waals surface area contributed by atoms with Gasteiger partial charge in [0.1, 0.15) is 0 Å². The predicted octanol–water partition coefficient (Wildman–Crippen LogP) is 3.51. The Kier molecular flexibility index (Phi) is 1.48. The van der Waals surface area contributed by atoms with Crippen LogP contribution in [0.3, 0.4) is 0 Å². The standard InChI is InChI=1S/C14H22FN/c1-11(2)7-14-8-12(9-15)10-16(14)6-5-13(14)3-4-13/h9,11H,3-8,10H2,1-2H3/b12-9-/t14-/m1/s1/i6D2,10D2. The molecule has 1 aliphatic carbocycles. The highest BCUT2D eigenvalue weighted by molar-refractivity contribution is 5.28. The lowest BCUT2D eigenvalue weighted by molar-refractivity contribution is 0.108. The summed E-state index contributed by atoms with van der Waals surface area (Å²) in [6, 6.07) is 0. The van der Waals surface area contributed by atoms with Crippen molar-refractivity contribution < 1.29 is 9.87 Å². The van der Waals surface area contributed by atoms with Crippen LogP contribution in [0.2, 0.25) is 0 Å². The molecule has 3 aliphatic rings. The van der Waals surface area contributed by atoms with Crippen LogP contribution in [0.1, 0.15) is 51.4 Å². The molecular weight excluding hydrogens is 201 g/mol. The zero-order valence-corrected chi connectivity index (χ0v) is 10.0. The molecule has 0 radical (unpaired) electrons. The maximum atomic E-state index is 13.2. The summed E-state index contributed by atoms with van der Waals surface area (Å²) >= 11 is 0. The maximum Gasteiger partial charge on any atom is 0.0872 e. The lowest BCUT2D eigenvalue weighted by Crippen LogP contribution is -2.45. The molecule has 0 unspecified atom stereocenters. The SMILES string of the molecule is [2H]C1([2H])CC2(CC2)[C@@]2(CC(C)C)C/C(=C/F)C([2H])([2H])N12. The summed E-state index contributed by atoms with van der Waals surface area (Å²) in [6.45, 7) is 0.437. The zero-order chi connectivity index (χ0) is 15.0. The van der Waals surface area contributed by atoms with Gasteiger partial charge >= 0.3 is 0 Å². The Morgan fingerprint density at radius 1 is 1.50 bits per heavy atom. The molecule has 0 aromatic heterocycles. The van der Waals surface area contributed by atoms with E-state index in [1.54, 1.807) is 0 Å². The topological polar surface area (TPSA) is 3.24 Å². The zero-order valence-electron chi connectivity index (χ0n) is 14.0. The summed E-state index contributed by atoms with van der Waals surface area (Å²) in [6.07, 6.45) is 3.67. The molecule has 1 spiro atoms. The minimum Gasteiger partial charge on any atom is -0.293 e. The Morgan fingerprint density at radius 3 is 2.81 bits per heavy atom. The summed E-state index contributed by atoms with van der Waals surface area (Å²) < 4.78 is 46.3. The highest BCUT2D eigenvalue weighted by Crippen LogP contribution is 2.68. The van der Waals surface area contributed by atoms with Crippen LogP contribution in [0.4, 0.5) is 4.39 Å². The first-order chi connectivity index (χ1) is 9.11. The minimum absolute atomic E-state index is 0.105. The van der Waals surface area contributed by atoms with Crippen LogP contribution in [-0.4, -0.2) is 23.4 Å². The molecule has 1 atom stereocenters. The molecular formula is C14H22FN. The van der Waals surface area contributed by atoms with E-state index in [2.05, 4.69) is 13.8 Å². The van der Waals surface area contributed by atoms with Gasteiger partial charge in [0.15, 0.2) is 0 Å². The van der Waals surface area contributed by atoms with Crippen molar-refractivity contribution in [3.8, 4) is 0 Å². The molecule has 0 N–H and O–H groups in total. The van der Waals surface area contributed by atoms with Gasteiger partial charge in [0.05, 0.1) is 6.33 Å². The Hall–Kier alpha value is -0.370. The quantitative estimate of drug-likeness (QED) is 0.697. The maximum absolute atomic E-state index is 13.2. The highest BCUT2D eigenvalue weighted by Gasteiger charge is 2.66. The van der Waals surface area contributed by atoms with Gasteiger partial charge in [0, 0.05) is 17.5 Å². The van der Waals surface area contributed by atoms with Crippen LogP contribution >= 0.6 is 0 Å². The van der Waals surface area contributed by atoms with Crippen molar-refractivity contribution in [2.75, 3.05) is 13.0 Å². The van der Waals surface area contributed by atoms with Crippen LogP contribution in [0.5, 0.6) is 0 Å². The van der Waals surface area contributed by atoms with E-state index in [-0.39, 0.29) is 11.0 Å². The van der Waals surface area contributed by atoms with E-state index in [1.807, 2.05) is 0 Å². The third-order valence-electron chi connectivity index (χ3n) is 4.46. The second-order valence-electron chi connectivity index (χ2n) is 6.00. The van der Waals surface area contributed by atoms with Crippen molar-refractivity contribution in [2.45, 2.75) is 51.5 Å². The van der Waals surface area contributed by atoms with Gasteiger partial charge in [-0.1, -0.05) is 13.8 Å². The van der Waals surface area contributed by atoms with Crippen LogP contribution in [0, 0.1) is 11.3 Å². The minimum atomic E-state index is -2.01. The molecule has 16 heavy (non-hydrogen) atoms. The second kappa shape index (κ2) is 3.32. The fourth-order valence-corrected chi connectivity index (χ4v) is 3.61.